The molecule has 17 heavy (non-hydrogen) atoms. The van der Waals surface area contributed by atoms with Crippen LogP contribution in [0.25, 0.3) is 0 Å². The van der Waals surface area contributed by atoms with Crippen LogP contribution >= 0.6 is 0 Å². The summed E-state index contributed by atoms with van der Waals surface area (Å²) in [7, 11) is 1.64. The third-order valence-electron chi connectivity index (χ3n) is 2.91. The fourth-order valence-electron chi connectivity index (χ4n) is 2.08. The second kappa shape index (κ2) is 5.71. The quantitative estimate of drug-likeness (QED) is 0.854. The van der Waals surface area contributed by atoms with Gasteiger partial charge in [-0.15, -0.1) is 0 Å². The van der Waals surface area contributed by atoms with E-state index in [4.69, 9.17) is 9.84 Å². The van der Waals surface area contributed by atoms with Gasteiger partial charge in [0.05, 0.1) is 7.11 Å². The zero-order chi connectivity index (χ0) is 13.0. The highest BCUT2D eigenvalue weighted by molar-refractivity contribution is 5.67. The molecule has 0 bridgehead atoms. The van der Waals surface area contributed by atoms with E-state index >= 15 is 0 Å². The maximum absolute atomic E-state index is 10.7. The molecule has 0 aliphatic heterocycles. The van der Waals surface area contributed by atoms with Crippen molar-refractivity contribution in [3.8, 4) is 5.75 Å². The van der Waals surface area contributed by atoms with E-state index in [9.17, 15) is 4.79 Å². The van der Waals surface area contributed by atoms with Gasteiger partial charge in [0.25, 0.3) is 0 Å². The van der Waals surface area contributed by atoms with Crippen molar-refractivity contribution in [2.75, 3.05) is 7.11 Å². The first-order chi connectivity index (χ1) is 7.97. The van der Waals surface area contributed by atoms with E-state index in [1.807, 2.05) is 13.0 Å². The summed E-state index contributed by atoms with van der Waals surface area (Å²) in [6.45, 7) is 6.19. The third-order valence-corrected chi connectivity index (χ3v) is 2.91. The lowest BCUT2D eigenvalue weighted by Gasteiger charge is -2.18. The number of aliphatic carboxylic acids is 1. The van der Waals surface area contributed by atoms with Crippen molar-refractivity contribution in [2.24, 2.45) is 0 Å². The monoisotopic (exact) mass is 236 g/mol. The zero-order valence-corrected chi connectivity index (χ0v) is 10.9. The molecule has 0 spiro atoms. The minimum atomic E-state index is -0.775. The molecule has 0 amide bonds. The van der Waals surface area contributed by atoms with Crippen LogP contribution in [0.5, 0.6) is 5.75 Å². The lowest BCUT2D eigenvalue weighted by molar-refractivity contribution is -0.136. The van der Waals surface area contributed by atoms with Crippen LogP contribution in [0.3, 0.4) is 0 Å². The summed E-state index contributed by atoms with van der Waals surface area (Å²) in [6, 6.07) is 4.10. The Bertz CT molecular complexity index is 408. The second-order valence-electron chi connectivity index (χ2n) is 4.53. The highest BCUT2D eigenvalue weighted by Crippen LogP contribution is 2.32. The number of carboxylic acids is 1. The molecule has 0 fully saturated rings. The van der Waals surface area contributed by atoms with Crippen molar-refractivity contribution in [1.29, 1.82) is 0 Å². The van der Waals surface area contributed by atoms with Crippen molar-refractivity contribution in [1.82, 2.24) is 0 Å². The number of ether oxygens (including phenoxy) is 1. The molecule has 0 aromatic heterocycles. The van der Waals surface area contributed by atoms with Crippen molar-refractivity contribution in [3.05, 3.63) is 28.8 Å². The summed E-state index contributed by atoms with van der Waals surface area (Å²) in [6.07, 6.45) is 0.660. The molecular weight excluding hydrogens is 216 g/mol. The van der Waals surface area contributed by atoms with E-state index in [0.29, 0.717) is 12.3 Å². The maximum atomic E-state index is 10.7. The Morgan fingerprint density at radius 1 is 1.41 bits per heavy atom. The van der Waals surface area contributed by atoms with Gasteiger partial charge < -0.3 is 9.84 Å². The Labute approximate surface area is 102 Å². The van der Waals surface area contributed by atoms with Crippen LogP contribution in [-0.4, -0.2) is 18.2 Å². The van der Waals surface area contributed by atoms with Gasteiger partial charge in [0.1, 0.15) is 5.75 Å². The van der Waals surface area contributed by atoms with E-state index in [2.05, 4.69) is 19.9 Å². The molecule has 1 rings (SSSR count). The Morgan fingerprint density at radius 3 is 2.53 bits per heavy atom. The van der Waals surface area contributed by atoms with Crippen LogP contribution < -0.4 is 4.74 Å². The molecule has 0 aliphatic rings. The first-order valence-electron chi connectivity index (χ1n) is 5.85. The van der Waals surface area contributed by atoms with Gasteiger partial charge >= 0.3 is 5.97 Å². The summed E-state index contributed by atoms with van der Waals surface area (Å²) in [5.74, 6) is 0.425. The molecule has 3 heteroatoms. The van der Waals surface area contributed by atoms with Crippen molar-refractivity contribution in [2.45, 2.75) is 39.5 Å². The number of aryl methyl sites for hydroxylation is 1. The number of carbonyl (C=O) groups is 1. The Balaban J connectivity index is 3.18. The molecule has 0 aliphatic carbocycles. The molecule has 0 saturated carbocycles. The zero-order valence-electron chi connectivity index (χ0n) is 10.9. The Hall–Kier alpha value is -1.51. The molecule has 0 radical (unpaired) electrons. The van der Waals surface area contributed by atoms with Crippen LogP contribution in [0.15, 0.2) is 12.1 Å². The van der Waals surface area contributed by atoms with Gasteiger partial charge in [-0.2, -0.15) is 0 Å². The lowest BCUT2D eigenvalue weighted by atomic mass is 9.92. The highest BCUT2D eigenvalue weighted by Gasteiger charge is 2.15. The fourth-order valence-corrected chi connectivity index (χ4v) is 2.08. The fraction of sp³-hybridized carbons (Fsp3) is 0.500. The summed E-state index contributed by atoms with van der Waals surface area (Å²) >= 11 is 0. The summed E-state index contributed by atoms with van der Waals surface area (Å²) in [4.78, 5) is 10.7. The van der Waals surface area contributed by atoms with Crippen molar-refractivity contribution >= 4 is 5.97 Å². The van der Waals surface area contributed by atoms with Gasteiger partial charge in [0.15, 0.2) is 0 Å². The second-order valence-corrected chi connectivity index (χ2v) is 4.53. The minimum Gasteiger partial charge on any atom is -0.496 e. The molecule has 1 aromatic carbocycles. The lowest BCUT2D eigenvalue weighted by Crippen LogP contribution is -2.05. The van der Waals surface area contributed by atoms with Gasteiger partial charge in [-0.25, -0.2) is 0 Å². The number of carboxylic acid groups (broad SMARTS) is 1. The number of rotatable bonds is 5. The average molecular weight is 236 g/mol. The number of methoxy groups -OCH3 is 1. The molecule has 0 unspecified atom stereocenters. The van der Waals surface area contributed by atoms with Crippen LogP contribution in [0.1, 0.15) is 42.9 Å². The largest absolute Gasteiger partial charge is 0.496 e. The first kappa shape index (κ1) is 13.6. The third kappa shape index (κ3) is 3.22. The minimum absolute atomic E-state index is 0.138. The van der Waals surface area contributed by atoms with Crippen LogP contribution in [0.4, 0.5) is 0 Å². The van der Waals surface area contributed by atoms with Crippen LogP contribution in [0, 0.1) is 6.92 Å². The summed E-state index contributed by atoms with van der Waals surface area (Å²) < 4.78 is 5.41. The van der Waals surface area contributed by atoms with E-state index in [1.54, 1.807) is 7.11 Å². The molecule has 1 aromatic rings. The normalized spacial score (nSPS) is 10.6. The van der Waals surface area contributed by atoms with Gasteiger partial charge in [0.2, 0.25) is 0 Å². The smallest absolute Gasteiger partial charge is 0.303 e. The molecule has 1 N–H and O–H groups in total. The molecule has 0 heterocycles. The van der Waals surface area contributed by atoms with Gasteiger partial charge in [-0.3, -0.25) is 4.79 Å². The van der Waals surface area contributed by atoms with E-state index in [-0.39, 0.29) is 6.42 Å². The van der Waals surface area contributed by atoms with E-state index in [1.165, 1.54) is 5.56 Å². The topological polar surface area (TPSA) is 46.5 Å². The molecule has 0 atom stereocenters. The number of hydrogen-bond acceptors (Lipinski definition) is 2. The highest BCUT2D eigenvalue weighted by atomic mass is 16.5. The van der Waals surface area contributed by atoms with Crippen molar-refractivity contribution < 1.29 is 14.6 Å². The number of hydrogen-bond donors (Lipinski definition) is 1. The molecule has 0 saturated heterocycles. The Kier molecular flexibility index (Phi) is 4.55. The van der Waals surface area contributed by atoms with Gasteiger partial charge in [-0.1, -0.05) is 26.0 Å². The van der Waals surface area contributed by atoms with E-state index in [0.717, 1.165) is 16.9 Å². The SMILES string of the molecule is COc1c(C)ccc(C(C)C)c1CCC(=O)O. The first-order valence-corrected chi connectivity index (χ1v) is 5.85. The van der Waals surface area contributed by atoms with Gasteiger partial charge in [-0.05, 0) is 36.0 Å². The van der Waals surface area contributed by atoms with Crippen LogP contribution in [-0.2, 0) is 11.2 Å². The summed E-state index contributed by atoms with van der Waals surface area (Å²) in [5.41, 5.74) is 3.26. The van der Waals surface area contributed by atoms with Crippen LogP contribution in [0.2, 0.25) is 0 Å². The standard InChI is InChI=1S/C14H20O3/c1-9(2)11-6-5-10(3)14(17-4)12(11)7-8-13(15)16/h5-6,9H,7-8H2,1-4H3,(H,15,16). The Morgan fingerprint density at radius 2 is 2.06 bits per heavy atom. The predicted molar refractivity (Wildman–Crippen MR) is 67.8 cm³/mol. The predicted octanol–water partition coefficient (Wildman–Crippen LogP) is 3.14. The van der Waals surface area contributed by atoms with Gasteiger partial charge in [0, 0.05) is 6.42 Å². The van der Waals surface area contributed by atoms with E-state index < -0.39 is 5.97 Å². The number of benzene rings is 1. The maximum Gasteiger partial charge on any atom is 0.303 e. The molecule has 94 valence electrons. The molecule has 3 nitrogen and oxygen atoms in total. The summed E-state index contributed by atoms with van der Waals surface area (Å²) in [5, 5.41) is 8.80. The van der Waals surface area contributed by atoms with Crippen molar-refractivity contribution in [3.63, 3.8) is 0 Å². The average Bonchev–Trinajstić information content (AvgIpc) is 2.25. The molecular formula is C14H20O3.